The van der Waals surface area contributed by atoms with Gasteiger partial charge in [0.2, 0.25) is 0 Å². The molecule has 2 unspecified atom stereocenters. The Kier molecular flexibility index (Phi) is 6.33. The number of aliphatic hydroxyl groups excluding tert-OH is 1. The predicted molar refractivity (Wildman–Crippen MR) is 126 cm³/mol. The minimum absolute atomic E-state index is 0.0733. The van der Waals surface area contributed by atoms with Gasteiger partial charge in [-0.15, -0.1) is 0 Å². The van der Waals surface area contributed by atoms with Gasteiger partial charge in [-0.3, -0.25) is 4.90 Å². The second-order valence-corrected chi connectivity index (χ2v) is 9.53. The van der Waals surface area contributed by atoms with Crippen LogP contribution in [-0.2, 0) is 4.74 Å². The summed E-state index contributed by atoms with van der Waals surface area (Å²) < 4.78 is 8.40. The fraction of sp³-hybridized carbons (Fsp3) is 0.609. The van der Waals surface area contributed by atoms with Gasteiger partial charge in [0.05, 0.1) is 28.8 Å². The van der Waals surface area contributed by atoms with E-state index in [1.807, 2.05) is 25.5 Å². The molecule has 174 valence electrons. The summed E-state index contributed by atoms with van der Waals surface area (Å²) in [5.74, 6) is 0.744. The number of anilines is 1. The molecule has 1 aliphatic carbocycles. The highest BCUT2D eigenvalue weighted by Crippen LogP contribution is 2.48. The molecule has 1 fully saturated rings. The minimum atomic E-state index is -0.467. The molecule has 3 N–H and O–H groups in total. The Morgan fingerprint density at radius 1 is 1.31 bits per heavy atom. The first kappa shape index (κ1) is 23.2. The largest absolute Gasteiger partial charge is 0.392 e. The maximum absolute atomic E-state index is 9.75. The number of ether oxygens (including phenoxy) is 1. The van der Waals surface area contributed by atoms with Gasteiger partial charge in [0, 0.05) is 43.6 Å². The molecule has 3 heterocycles. The third kappa shape index (κ3) is 3.83. The third-order valence-corrected chi connectivity index (χ3v) is 7.30. The number of nitrogen functional groups attached to an aromatic ring is 1. The Morgan fingerprint density at radius 3 is 2.69 bits per heavy atom. The van der Waals surface area contributed by atoms with Gasteiger partial charge >= 0.3 is 0 Å². The van der Waals surface area contributed by atoms with Gasteiger partial charge in [-0.2, -0.15) is 5.10 Å². The second-order valence-electron chi connectivity index (χ2n) is 9.12. The summed E-state index contributed by atoms with van der Waals surface area (Å²) in [7, 11) is 0. The number of hydrogen-bond donors (Lipinski definition) is 2. The van der Waals surface area contributed by atoms with E-state index in [4.69, 9.17) is 27.2 Å². The number of aliphatic hydroxyl groups is 1. The van der Waals surface area contributed by atoms with Crippen LogP contribution in [0.4, 0.5) is 5.82 Å². The lowest BCUT2D eigenvalue weighted by Crippen LogP contribution is -2.61. The zero-order valence-corrected chi connectivity index (χ0v) is 20.2. The van der Waals surface area contributed by atoms with Crippen molar-refractivity contribution < 1.29 is 9.84 Å². The first-order chi connectivity index (χ1) is 15.2. The summed E-state index contributed by atoms with van der Waals surface area (Å²) in [6.45, 7) is 13.0. The molecule has 32 heavy (non-hydrogen) atoms. The maximum atomic E-state index is 9.75. The van der Waals surface area contributed by atoms with E-state index >= 15 is 0 Å². The molecule has 4 rings (SSSR count). The normalized spacial score (nSPS) is 24.5. The van der Waals surface area contributed by atoms with Crippen molar-refractivity contribution >= 4 is 28.5 Å². The number of rotatable bonds is 7. The number of aromatic nitrogens is 4. The molecule has 2 aromatic heterocycles. The van der Waals surface area contributed by atoms with Crippen LogP contribution in [0, 0.1) is 12.8 Å². The van der Waals surface area contributed by atoms with Crippen molar-refractivity contribution in [3.63, 3.8) is 0 Å². The van der Waals surface area contributed by atoms with E-state index in [1.54, 1.807) is 0 Å². The third-order valence-electron chi connectivity index (χ3n) is 6.91. The van der Waals surface area contributed by atoms with E-state index in [0.29, 0.717) is 24.9 Å². The molecule has 0 radical (unpaired) electrons. The van der Waals surface area contributed by atoms with Crippen LogP contribution in [0.3, 0.4) is 0 Å². The summed E-state index contributed by atoms with van der Waals surface area (Å²) in [4.78, 5) is 10.8. The van der Waals surface area contributed by atoms with Crippen LogP contribution < -0.4 is 5.73 Å². The molecule has 8 nitrogen and oxygen atoms in total. The quantitative estimate of drug-likeness (QED) is 0.653. The molecule has 1 aliphatic heterocycles. The van der Waals surface area contributed by atoms with Crippen LogP contribution in [0.25, 0.3) is 11.0 Å². The van der Waals surface area contributed by atoms with Gasteiger partial charge in [0.1, 0.15) is 12.1 Å². The average Bonchev–Trinajstić information content (AvgIpc) is 3.05. The zero-order chi connectivity index (χ0) is 23.2. The maximum Gasteiger partial charge on any atom is 0.164 e. The summed E-state index contributed by atoms with van der Waals surface area (Å²) in [5.41, 5.74) is 9.38. The summed E-state index contributed by atoms with van der Waals surface area (Å²) in [6, 6.07) is -0.0733. The molecule has 9 heteroatoms. The van der Waals surface area contributed by atoms with Gasteiger partial charge < -0.3 is 15.6 Å². The molecular weight excluding hydrogens is 428 g/mol. The Bertz CT molecular complexity index is 1070. The molecule has 0 aromatic carbocycles. The standard InChI is InChI=1S/C23H33ClN6O2/c1-6-32-23(18-10-29(11-18)9-13(2)31)8-17(7-19(24)14(23)3)16(5)30-22-20(15(4)28-30)21(25)26-12-27-22/h7,12-13,16,18,31H,6,8-11H2,1-5H3,(H2,25,26,27)/t13-,16?,23?/m0/s1. The van der Waals surface area contributed by atoms with E-state index < -0.39 is 5.60 Å². The summed E-state index contributed by atoms with van der Waals surface area (Å²) >= 11 is 6.80. The lowest BCUT2D eigenvalue weighted by molar-refractivity contribution is -0.111. The van der Waals surface area contributed by atoms with E-state index in [1.165, 1.54) is 6.33 Å². The van der Waals surface area contributed by atoms with Crippen molar-refractivity contribution in [1.29, 1.82) is 0 Å². The number of fused-ring (bicyclic) bond motifs is 1. The number of likely N-dealkylation sites (tertiary alicyclic amines) is 1. The molecule has 0 bridgehead atoms. The number of nitrogens with two attached hydrogens (primary N) is 1. The van der Waals surface area contributed by atoms with Crippen LogP contribution in [0.2, 0.25) is 0 Å². The Labute approximate surface area is 194 Å². The highest BCUT2D eigenvalue weighted by molar-refractivity contribution is 6.31. The average molecular weight is 461 g/mol. The second kappa shape index (κ2) is 8.74. The van der Waals surface area contributed by atoms with Crippen LogP contribution >= 0.6 is 11.6 Å². The van der Waals surface area contributed by atoms with Crippen molar-refractivity contribution in [2.24, 2.45) is 5.92 Å². The van der Waals surface area contributed by atoms with Crippen LogP contribution in [0.1, 0.15) is 45.9 Å². The Balaban J connectivity index is 1.68. The van der Waals surface area contributed by atoms with Crippen molar-refractivity contribution in [2.75, 3.05) is 32.0 Å². The minimum Gasteiger partial charge on any atom is -0.392 e. The smallest absolute Gasteiger partial charge is 0.164 e. The Morgan fingerprint density at radius 2 is 2.03 bits per heavy atom. The topological polar surface area (TPSA) is 102 Å². The molecule has 2 aliphatic rings. The Hall–Kier alpha value is -2.00. The molecule has 0 amide bonds. The SMILES string of the molecule is CCOC1(C2CN(C[C@H](C)O)C2)CC(C(C)n2nc(C)c3c(N)ncnc32)=CC(Cl)=C1C. The van der Waals surface area contributed by atoms with E-state index in [-0.39, 0.29) is 12.1 Å². The number of hydrogen-bond acceptors (Lipinski definition) is 7. The first-order valence-electron chi connectivity index (χ1n) is 11.2. The molecule has 1 saturated heterocycles. The monoisotopic (exact) mass is 460 g/mol. The van der Waals surface area contributed by atoms with E-state index in [2.05, 4.69) is 34.8 Å². The van der Waals surface area contributed by atoms with Crippen molar-refractivity contribution in [2.45, 2.75) is 58.8 Å². The van der Waals surface area contributed by atoms with Gasteiger partial charge in [-0.25, -0.2) is 14.6 Å². The molecule has 3 atom stereocenters. The number of aryl methyl sites for hydroxylation is 1. The number of allylic oxidation sites excluding steroid dienone is 2. The molecule has 0 saturated carbocycles. The van der Waals surface area contributed by atoms with Crippen LogP contribution in [0.15, 0.2) is 28.6 Å². The fourth-order valence-electron chi connectivity index (χ4n) is 5.20. The molecule has 2 aromatic rings. The lowest BCUT2D eigenvalue weighted by Gasteiger charge is -2.53. The zero-order valence-electron chi connectivity index (χ0n) is 19.5. The van der Waals surface area contributed by atoms with Crippen molar-refractivity contribution in [3.05, 3.63) is 34.3 Å². The highest BCUT2D eigenvalue weighted by atomic mass is 35.5. The highest BCUT2D eigenvalue weighted by Gasteiger charge is 2.50. The molecular formula is C23H33ClN6O2. The van der Waals surface area contributed by atoms with Crippen molar-refractivity contribution in [3.8, 4) is 0 Å². The summed E-state index contributed by atoms with van der Waals surface area (Å²) in [5, 5.41) is 16.0. The number of nitrogens with zero attached hydrogens (tertiary/aromatic N) is 5. The first-order valence-corrected chi connectivity index (χ1v) is 11.6. The van der Waals surface area contributed by atoms with Gasteiger partial charge in [-0.05, 0) is 51.8 Å². The van der Waals surface area contributed by atoms with E-state index in [9.17, 15) is 5.11 Å². The van der Waals surface area contributed by atoms with Gasteiger partial charge in [0.15, 0.2) is 5.65 Å². The predicted octanol–water partition coefficient (Wildman–Crippen LogP) is 3.21. The van der Waals surface area contributed by atoms with Gasteiger partial charge in [-0.1, -0.05) is 11.6 Å². The molecule has 0 spiro atoms. The summed E-state index contributed by atoms with van der Waals surface area (Å²) in [6.07, 6.45) is 3.92. The number of β-amino-alcohol motifs (C(OH)–C–C–N with tert-alkyl or cyclic N) is 1. The van der Waals surface area contributed by atoms with Crippen molar-refractivity contribution in [1.82, 2.24) is 24.6 Å². The lowest BCUT2D eigenvalue weighted by atomic mass is 9.70. The fourth-order valence-corrected chi connectivity index (χ4v) is 5.50. The van der Waals surface area contributed by atoms with Gasteiger partial charge in [0.25, 0.3) is 0 Å². The van der Waals surface area contributed by atoms with E-state index in [0.717, 1.165) is 52.4 Å². The van der Waals surface area contributed by atoms with Crippen LogP contribution in [-0.4, -0.2) is 67.7 Å². The van der Waals surface area contributed by atoms with Crippen LogP contribution in [0.5, 0.6) is 0 Å². The number of halogens is 1.